The Balaban J connectivity index is 0.000000224. The van der Waals surface area contributed by atoms with Crippen LogP contribution < -0.4 is 4.74 Å². The van der Waals surface area contributed by atoms with Gasteiger partial charge in [-0.15, -0.1) is 0 Å². The summed E-state index contributed by atoms with van der Waals surface area (Å²) < 4.78 is 5.00. The van der Waals surface area contributed by atoms with Gasteiger partial charge in [-0.05, 0) is 42.3 Å². The van der Waals surface area contributed by atoms with Crippen LogP contribution in [0.15, 0.2) is 53.7 Å². The molecule has 0 N–H and O–H groups in total. The van der Waals surface area contributed by atoms with Crippen molar-refractivity contribution in [2.45, 2.75) is 6.92 Å². The normalized spacial score (nSPS) is 9.77. The van der Waals surface area contributed by atoms with Gasteiger partial charge in [-0.25, -0.2) is 0 Å². The molecule has 0 aliphatic heterocycles. The maximum Gasteiger partial charge on any atom is 0.269 e. The summed E-state index contributed by atoms with van der Waals surface area (Å²) >= 11 is 0. The van der Waals surface area contributed by atoms with Crippen molar-refractivity contribution in [1.82, 2.24) is 0 Å². The molecule has 6 heteroatoms. The number of oxime groups is 1. The molecule has 0 aliphatic carbocycles. The third-order valence-corrected chi connectivity index (χ3v) is 2.64. The van der Waals surface area contributed by atoms with Crippen molar-refractivity contribution in [3.8, 4) is 5.75 Å². The van der Waals surface area contributed by atoms with Crippen LogP contribution in [0.25, 0.3) is 0 Å². The van der Waals surface area contributed by atoms with E-state index in [0.717, 1.165) is 16.9 Å². The number of ether oxygens (including phenoxy) is 1. The fraction of sp³-hybridized carbons (Fsp3) is 0.188. The Morgan fingerprint density at radius 3 is 2.27 bits per heavy atom. The topological polar surface area (TPSA) is 74.0 Å². The minimum Gasteiger partial charge on any atom is -0.497 e. The van der Waals surface area contributed by atoms with Crippen LogP contribution in [-0.2, 0) is 4.84 Å². The first kappa shape index (κ1) is 17.2. The van der Waals surface area contributed by atoms with Crippen molar-refractivity contribution in [3.05, 3.63) is 69.8 Å². The highest BCUT2D eigenvalue weighted by Gasteiger charge is 2.01. The molecule has 0 spiro atoms. The number of nitro benzene ring substituents is 1. The molecule has 22 heavy (non-hydrogen) atoms. The van der Waals surface area contributed by atoms with Gasteiger partial charge in [0.25, 0.3) is 5.69 Å². The molecule has 0 bridgehead atoms. The van der Waals surface area contributed by atoms with Gasteiger partial charge in [-0.1, -0.05) is 17.3 Å². The van der Waals surface area contributed by atoms with Gasteiger partial charge in [0, 0.05) is 12.1 Å². The lowest BCUT2D eigenvalue weighted by Gasteiger charge is -1.97. The highest BCUT2D eigenvalue weighted by molar-refractivity contribution is 5.79. The van der Waals surface area contributed by atoms with E-state index in [0.29, 0.717) is 0 Å². The molecule has 0 aromatic heterocycles. The molecule has 0 amide bonds. The second-order valence-corrected chi connectivity index (χ2v) is 4.29. The number of benzene rings is 2. The lowest BCUT2D eigenvalue weighted by molar-refractivity contribution is -0.384. The molecule has 0 fully saturated rings. The molecule has 0 radical (unpaired) electrons. The lowest BCUT2D eigenvalue weighted by atomic mass is 10.2. The quantitative estimate of drug-likeness (QED) is 0.491. The largest absolute Gasteiger partial charge is 0.497 e. The molecule has 0 unspecified atom stereocenters. The van der Waals surface area contributed by atoms with E-state index in [2.05, 4.69) is 9.99 Å². The molecule has 6 nitrogen and oxygen atoms in total. The van der Waals surface area contributed by atoms with Crippen LogP contribution in [0.4, 0.5) is 5.69 Å². The zero-order valence-corrected chi connectivity index (χ0v) is 12.7. The number of hydrogen-bond acceptors (Lipinski definition) is 5. The Labute approximate surface area is 129 Å². The third-order valence-electron chi connectivity index (χ3n) is 2.64. The van der Waals surface area contributed by atoms with E-state index in [1.165, 1.54) is 13.2 Å². The van der Waals surface area contributed by atoms with Crippen molar-refractivity contribution in [1.29, 1.82) is 0 Å². The molecule has 0 atom stereocenters. The van der Waals surface area contributed by atoms with Crippen LogP contribution in [0, 0.1) is 17.0 Å². The summed E-state index contributed by atoms with van der Waals surface area (Å²) in [5.74, 6) is 0.838. The van der Waals surface area contributed by atoms with Gasteiger partial charge in [-0.2, -0.15) is 0 Å². The molecule has 0 heterocycles. The number of rotatable bonds is 4. The maximum atomic E-state index is 10.2. The van der Waals surface area contributed by atoms with Gasteiger partial charge < -0.3 is 9.57 Å². The summed E-state index contributed by atoms with van der Waals surface area (Å²) in [7, 11) is 3.15. The van der Waals surface area contributed by atoms with Gasteiger partial charge >= 0.3 is 0 Å². The van der Waals surface area contributed by atoms with E-state index < -0.39 is 4.92 Å². The summed E-state index contributed by atoms with van der Waals surface area (Å²) in [5.41, 5.74) is 2.05. The lowest BCUT2D eigenvalue weighted by Crippen LogP contribution is -1.86. The molecule has 2 aromatic carbocycles. The Hall–Kier alpha value is -2.89. The smallest absolute Gasteiger partial charge is 0.269 e. The fourth-order valence-corrected chi connectivity index (χ4v) is 1.55. The van der Waals surface area contributed by atoms with Crippen molar-refractivity contribution in [2.24, 2.45) is 5.16 Å². The van der Waals surface area contributed by atoms with Gasteiger partial charge in [0.05, 0.1) is 18.2 Å². The SMILES string of the molecule is CO/N=C\c1ccc(OC)cc1.Cc1cccc([N+](=O)[O-])c1. The van der Waals surface area contributed by atoms with Crippen molar-refractivity contribution in [2.75, 3.05) is 14.2 Å². The highest BCUT2D eigenvalue weighted by atomic mass is 16.6. The van der Waals surface area contributed by atoms with Crippen LogP contribution in [0.3, 0.4) is 0 Å². The van der Waals surface area contributed by atoms with E-state index in [1.807, 2.05) is 37.3 Å². The first-order valence-electron chi connectivity index (χ1n) is 6.48. The van der Waals surface area contributed by atoms with Gasteiger partial charge in [0.2, 0.25) is 0 Å². The molecule has 2 aromatic rings. The first-order chi connectivity index (χ1) is 10.6. The molecule has 0 saturated carbocycles. The first-order valence-corrected chi connectivity index (χ1v) is 6.48. The van der Waals surface area contributed by atoms with Gasteiger partial charge in [0.15, 0.2) is 0 Å². The van der Waals surface area contributed by atoms with Gasteiger partial charge in [-0.3, -0.25) is 10.1 Å². The number of aryl methyl sites for hydroxylation is 1. The van der Waals surface area contributed by atoms with Crippen LogP contribution in [0.2, 0.25) is 0 Å². The number of non-ortho nitro benzene ring substituents is 1. The van der Waals surface area contributed by atoms with Crippen LogP contribution >= 0.6 is 0 Å². The van der Waals surface area contributed by atoms with Crippen LogP contribution in [0.5, 0.6) is 5.75 Å². The third kappa shape index (κ3) is 6.04. The standard InChI is InChI=1S/C9H11NO2.C7H7NO2/c1-11-9-5-3-8(4-6-9)7-10-12-2;1-6-3-2-4-7(5-6)8(9)10/h3-7H,1-2H3;2-5H,1H3/b10-7-;. The monoisotopic (exact) mass is 302 g/mol. The summed E-state index contributed by atoms with van der Waals surface area (Å²) in [5, 5.41) is 13.8. The number of nitro groups is 1. The Bertz CT molecular complexity index is 624. The summed E-state index contributed by atoms with van der Waals surface area (Å²) in [6.45, 7) is 1.83. The maximum absolute atomic E-state index is 10.2. The minimum atomic E-state index is -0.396. The van der Waals surface area contributed by atoms with Gasteiger partial charge in [0.1, 0.15) is 12.9 Å². The number of nitrogens with zero attached hydrogens (tertiary/aromatic N) is 2. The van der Waals surface area contributed by atoms with Crippen LogP contribution in [-0.4, -0.2) is 25.4 Å². The number of hydrogen-bond donors (Lipinski definition) is 0. The van der Waals surface area contributed by atoms with E-state index >= 15 is 0 Å². The summed E-state index contributed by atoms with van der Waals surface area (Å²) in [4.78, 5) is 14.3. The van der Waals surface area contributed by atoms with Crippen molar-refractivity contribution in [3.63, 3.8) is 0 Å². The van der Waals surface area contributed by atoms with Crippen molar-refractivity contribution >= 4 is 11.9 Å². The zero-order chi connectivity index (χ0) is 16.4. The van der Waals surface area contributed by atoms with Crippen LogP contribution in [0.1, 0.15) is 11.1 Å². The van der Waals surface area contributed by atoms with Crippen molar-refractivity contribution < 1.29 is 14.5 Å². The molecule has 0 saturated heterocycles. The van der Waals surface area contributed by atoms with E-state index in [1.54, 1.807) is 25.5 Å². The average Bonchev–Trinajstić information content (AvgIpc) is 2.54. The Morgan fingerprint density at radius 1 is 1.14 bits per heavy atom. The second-order valence-electron chi connectivity index (χ2n) is 4.29. The zero-order valence-electron chi connectivity index (χ0n) is 12.7. The number of methoxy groups -OCH3 is 1. The molecular formula is C16H18N2O4. The predicted molar refractivity (Wildman–Crippen MR) is 85.4 cm³/mol. The molecule has 116 valence electrons. The summed E-state index contributed by atoms with van der Waals surface area (Å²) in [6.07, 6.45) is 1.64. The average molecular weight is 302 g/mol. The summed E-state index contributed by atoms with van der Waals surface area (Å²) in [6, 6.07) is 14.1. The van der Waals surface area contributed by atoms with E-state index in [9.17, 15) is 10.1 Å². The molecular weight excluding hydrogens is 284 g/mol. The van der Waals surface area contributed by atoms with E-state index in [4.69, 9.17) is 4.74 Å². The Kier molecular flexibility index (Phi) is 7.12. The highest BCUT2D eigenvalue weighted by Crippen LogP contribution is 2.11. The fourth-order valence-electron chi connectivity index (χ4n) is 1.55. The molecule has 2 rings (SSSR count). The Morgan fingerprint density at radius 2 is 1.82 bits per heavy atom. The van der Waals surface area contributed by atoms with E-state index in [-0.39, 0.29) is 5.69 Å². The molecule has 0 aliphatic rings. The second kappa shape index (κ2) is 9.12. The minimum absolute atomic E-state index is 0.153. The predicted octanol–water partition coefficient (Wildman–Crippen LogP) is 3.58.